The number of aliphatic hydroxyl groups is 1. The zero-order chi connectivity index (χ0) is 23.0. The van der Waals surface area contributed by atoms with Gasteiger partial charge in [0, 0.05) is 31.7 Å². The van der Waals surface area contributed by atoms with Crippen molar-refractivity contribution in [2.45, 2.75) is 19.1 Å². The normalized spacial score (nSPS) is 23.5. The van der Waals surface area contributed by atoms with E-state index in [1.165, 1.54) is 11.6 Å². The highest BCUT2D eigenvalue weighted by Gasteiger charge is 2.55. The fourth-order valence-electron chi connectivity index (χ4n) is 5.38. The minimum absolute atomic E-state index is 0.0954. The average Bonchev–Trinajstić information content (AvgIpc) is 3.30. The summed E-state index contributed by atoms with van der Waals surface area (Å²) in [5.41, 5.74) is 0.875. The Labute approximate surface area is 194 Å². The molecule has 1 saturated carbocycles. The number of phenols is 1. The van der Waals surface area contributed by atoms with Crippen LogP contribution < -0.4 is 5.32 Å². The molecule has 2 fully saturated rings. The number of fused-ring (bicyclic) bond motifs is 1. The van der Waals surface area contributed by atoms with Crippen molar-refractivity contribution in [2.24, 2.45) is 17.8 Å². The van der Waals surface area contributed by atoms with Crippen LogP contribution in [-0.4, -0.2) is 40.7 Å². The molecule has 1 saturated heterocycles. The second-order valence-electron chi connectivity index (χ2n) is 9.48. The topological polar surface area (TPSA) is 72.8 Å². The van der Waals surface area contributed by atoms with Gasteiger partial charge in [0.05, 0.1) is 0 Å². The molecule has 170 valence electrons. The SMILES string of the molecule is Cc1ccc(O)c(C(O)(C(=O)NCC2C3CN(Cc4ccccc4)CC23)c2ccccc2)c1. The van der Waals surface area contributed by atoms with Gasteiger partial charge in [-0.15, -0.1) is 0 Å². The van der Waals surface area contributed by atoms with Crippen LogP contribution in [0.1, 0.15) is 22.3 Å². The molecule has 3 atom stereocenters. The van der Waals surface area contributed by atoms with Gasteiger partial charge < -0.3 is 15.5 Å². The average molecular weight is 443 g/mol. The van der Waals surface area contributed by atoms with Crippen molar-refractivity contribution >= 4 is 5.91 Å². The lowest BCUT2D eigenvalue weighted by molar-refractivity contribution is -0.136. The highest BCUT2D eigenvalue weighted by Crippen LogP contribution is 2.51. The van der Waals surface area contributed by atoms with E-state index in [1.807, 2.05) is 19.1 Å². The van der Waals surface area contributed by atoms with Gasteiger partial charge in [-0.2, -0.15) is 0 Å². The first-order valence-electron chi connectivity index (χ1n) is 11.6. The van der Waals surface area contributed by atoms with Crippen molar-refractivity contribution in [3.05, 3.63) is 101 Å². The summed E-state index contributed by atoms with van der Waals surface area (Å²) >= 11 is 0. The van der Waals surface area contributed by atoms with Crippen LogP contribution in [0.4, 0.5) is 0 Å². The minimum Gasteiger partial charge on any atom is -0.508 e. The number of likely N-dealkylation sites (tertiary alicyclic amines) is 1. The van der Waals surface area contributed by atoms with E-state index in [-0.39, 0.29) is 11.3 Å². The molecule has 1 aliphatic carbocycles. The lowest BCUT2D eigenvalue weighted by Gasteiger charge is -2.29. The molecular weight excluding hydrogens is 412 g/mol. The maximum absolute atomic E-state index is 13.4. The summed E-state index contributed by atoms with van der Waals surface area (Å²) in [6.45, 7) is 5.46. The van der Waals surface area contributed by atoms with E-state index < -0.39 is 11.5 Å². The van der Waals surface area contributed by atoms with Gasteiger partial charge in [0.15, 0.2) is 5.60 Å². The Balaban J connectivity index is 1.26. The van der Waals surface area contributed by atoms with Gasteiger partial charge in [-0.1, -0.05) is 72.3 Å². The van der Waals surface area contributed by atoms with E-state index in [4.69, 9.17) is 0 Å². The first-order chi connectivity index (χ1) is 16.0. The molecule has 3 aromatic carbocycles. The maximum atomic E-state index is 13.4. The number of carbonyl (C=O) groups excluding carboxylic acids is 1. The lowest BCUT2D eigenvalue weighted by atomic mass is 9.84. The van der Waals surface area contributed by atoms with E-state index in [0.29, 0.717) is 29.9 Å². The van der Waals surface area contributed by atoms with E-state index in [9.17, 15) is 15.0 Å². The van der Waals surface area contributed by atoms with E-state index >= 15 is 0 Å². The smallest absolute Gasteiger partial charge is 0.261 e. The highest BCUT2D eigenvalue weighted by atomic mass is 16.3. The van der Waals surface area contributed by atoms with E-state index in [1.54, 1.807) is 36.4 Å². The van der Waals surface area contributed by atoms with Crippen molar-refractivity contribution in [3.8, 4) is 5.75 Å². The predicted molar refractivity (Wildman–Crippen MR) is 127 cm³/mol. The molecule has 1 amide bonds. The van der Waals surface area contributed by atoms with Gasteiger partial charge in [-0.25, -0.2) is 0 Å². The number of benzene rings is 3. The standard InChI is InChI=1S/C28H30N2O3/c1-19-12-13-26(31)25(14-19)28(33,21-10-6-3-7-11-21)27(32)29-15-22-23-17-30(18-24(22)23)16-20-8-4-2-5-9-20/h2-14,22-24,31,33H,15-18H2,1H3,(H,29,32). The molecule has 0 bridgehead atoms. The molecule has 3 unspecified atom stereocenters. The Kier molecular flexibility index (Phi) is 5.69. The molecular formula is C28H30N2O3. The number of carbonyl (C=O) groups is 1. The van der Waals surface area contributed by atoms with Crippen LogP contribution in [0.15, 0.2) is 78.9 Å². The van der Waals surface area contributed by atoms with Crippen LogP contribution in [0.3, 0.4) is 0 Å². The first-order valence-corrected chi connectivity index (χ1v) is 11.6. The summed E-state index contributed by atoms with van der Waals surface area (Å²) < 4.78 is 0. The zero-order valence-corrected chi connectivity index (χ0v) is 18.8. The molecule has 1 aliphatic heterocycles. The summed E-state index contributed by atoms with van der Waals surface area (Å²) in [6.07, 6.45) is 0. The molecule has 3 aromatic rings. The Morgan fingerprint density at radius 2 is 1.64 bits per heavy atom. The summed E-state index contributed by atoms with van der Waals surface area (Å²) in [7, 11) is 0. The second kappa shape index (κ2) is 8.65. The monoisotopic (exact) mass is 442 g/mol. The largest absolute Gasteiger partial charge is 0.508 e. The number of nitrogens with one attached hydrogen (secondary N) is 1. The van der Waals surface area contributed by atoms with Crippen LogP contribution in [0, 0.1) is 24.7 Å². The summed E-state index contributed by atoms with van der Waals surface area (Å²) in [5, 5.41) is 25.2. The quantitative estimate of drug-likeness (QED) is 0.524. The van der Waals surface area contributed by atoms with Gasteiger partial charge in [-0.3, -0.25) is 9.69 Å². The molecule has 0 aromatic heterocycles. The number of hydrogen-bond donors (Lipinski definition) is 3. The molecule has 1 heterocycles. The van der Waals surface area contributed by atoms with Crippen molar-refractivity contribution in [1.29, 1.82) is 0 Å². The number of piperidine rings is 1. The molecule has 3 N–H and O–H groups in total. The highest BCUT2D eigenvalue weighted by molar-refractivity contribution is 5.91. The number of rotatable bonds is 7. The fraction of sp³-hybridized carbons (Fsp3) is 0.321. The Hall–Kier alpha value is -3.15. The predicted octanol–water partition coefficient (Wildman–Crippen LogP) is 3.43. The van der Waals surface area contributed by atoms with Crippen molar-refractivity contribution in [1.82, 2.24) is 10.2 Å². The van der Waals surface area contributed by atoms with Crippen LogP contribution in [0.25, 0.3) is 0 Å². The van der Waals surface area contributed by atoms with E-state index in [2.05, 4.69) is 34.5 Å². The molecule has 5 heteroatoms. The van der Waals surface area contributed by atoms with Crippen LogP contribution in [-0.2, 0) is 16.9 Å². The van der Waals surface area contributed by atoms with Crippen LogP contribution >= 0.6 is 0 Å². The number of hydrogen-bond acceptors (Lipinski definition) is 4. The number of phenolic OH excluding ortho intramolecular Hbond substituents is 1. The fourth-order valence-corrected chi connectivity index (χ4v) is 5.38. The lowest BCUT2D eigenvalue weighted by Crippen LogP contribution is -2.46. The minimum atomic E-state index is -1.96. The Bertz CT molecular complexity index is 1120. The molecule has 33 heavy (non-hydrogen) atoms. The van der Waals surface area contributed by atoms with Crippen LogP contribution in [0.5, 0.6) is 5.75 Å². The second-order valence-corrected chi connectivity index (χ2v) is 9.48. The molecule has 0 radical (unpaired) electrons. The molecule has 2 aliphatic rings. The van der Waals surface area contributed by atoms with Crippen molar-refractivity contribution < 1.29 is 15.0 Å². The molecule has 0 spiro atoms. The van der Waals surface area contributed by atoms with E-state index in [0.717, 1.165) is 25.2 Å². The van der Waals surface area contributed by atoms with Gasteiger partial charge in [0.2, 0.25) is 0 Å². The third kappa shape index (κ3) is 4.14. The Morgan fingerprint density at radius 3 is 2.30 bits per heavy atom. The first kappa shape index (κ1) is 21.7. The van der Waals surface area contributed by atoms with Crippen LogP contribution in [0.2, 0.25) is 0 Å². The summed E-state index contributed by atoms with van der Waals surface area (Å²) in [4.78, 5) is 15.9. The number of nitrogens with zero attached hydrogens (tertiary/aromatic N) is 1. The number of aryl methyl sites for hydroxylation is 1. The summed E-state index contributed by atoms with van der Waals surface area (Å²) in [5.74, 6) is 1.02. The molecule has 5 rings (SSSR count). The van der Waals surface area contributed by atoms with Crippen molar-refractivity contribution in [2.75, 3.05) is 19.6 Å². The van der Waals surface area contributed by atoms with Gasteiger partial charge in [-0.05, 0) is 47.9 Å². The van der Waals surface area contributed by atoms with Gasteiger partial charge in [0.1, 0.15) is 5.75 Å². The molecule has 5 nitrogen and oxygen atoms in total. The zero-order valence-electron chi connectivity index (χ0n) is 18.8. The third-order valence-corrected chi connectivity index (χ3v) is 7.26. The Morgan fingerprint density at radius 1 is 1.00 bits per heavy atom. The van der Waals surface area contributed by atoms with Gasteiger partial charge >= 0.3 is 0 Å². The van der Waals surface area contributed by atoms with Crippen molar-refractivity contribution in [3.63, 3.8) is 0 Å². The maximum Gasteiger partial charge on any atom is 0.261 e. The number of amides is 1. The number of aromatic hydroxyl groups is 1. The van der Waals surface area contributed by atoms with Gasteiger partial charge in [0.25, 0.3) is 5.91 Å². The summed E-state index contributed by atoms with van der Waals surface area (Å²) in [6, 6.07) is 24.3. The third-order valence-electron chi connectivity index (χ3n) is 7.26.